The van der Waals surface area contributed by atoms with Crippen molar-refractivity contribution < 1.29 is 14.3 Å². The van der Waals surface area contributed by atoms with Gasteiger partial charge in [0.05, 0.1) is 6.10 Å². The van der Waals surface area contributed by atoms with Crippen molar-refractivity contribution in [1.29, 1.82) is 0 Å². The standard InChI is InChI=1S/C22H27N3O3/c1-16(26)25(2)19-13-11-18(12-14-19)24-22(27)23-15-17-7-3-6-10-21(17)28-20-8-4-5-9-20/h3,6-7,10-14,20H,4-5,8-9,15H2,1-2H3,(H2,23,24,27). The quantitative estimate of drug-likeness (QED) is 0.783. The minimum atomic E-state index is -0.289. The molecular weight excluding hydrogens is 354 g/mol. The van der Waals surface area contributed by atoms with E-state index in [9.17, 15) is 9.59 Å². The van der Waals surface area contributed by atoms with Crippen LogP contribution in [0, 0.1) is 0 Å². The highest BCUT2D eigenvalue weighted by atomic mass is 16.5. The van der Waals surface area contributed by atoms with Crippen LogP contribution in [-0.4, -0.2) is 25.1 Å². The summed E-state index contributed by atoms with van der Waals surface area (Å²) in [5, 5.41) is 5.68. The first-order valence-corrected chi connectivity index (χ1v) is 9.66. The van der Waals surface area contributed by atoms with Crippen LogP contribution < -0.4 is 20.3 Å². The van der Waals surface area contributed by atoms with Crippen LogP contribution in [0.2, 0.25) is 0 Å². The summed E-state index contributed by atoms with van der Waals surface area (Å²) in [5.41, 5.74) is 2.40. The van der Waals surface area contributed by atoms with Crippen molar-refractivity contribution in [2.24, 2.45) is 0 Å². The van der Waals surface area contributed by atoms with Crippen molar-refractivity contribution in [3.05, 3.63) is 54.1 Å². The second-order valence-electron chi connectivity index (χ2n) is 7.06. The van der Waals surface area contributed by atoms with E-state index in [2.05, 4.69) is 10.6 Å². The van der Waals surface area contributed by atoms with Crippen molar-refractivity contribution in [2.75, 3.05) is 17.3 Å². The molecule has 2 N–H and O–H groups in total. The van der Waals surface area contributed by atoms with Gasteiger partial charge in [-0.2, -0.15) is 0 Å². The van der Waals surface area contributed by atoms with E-state index in [0.29, 0.717) is 12.2 Å². The summed E-state index contributed by atoms with van der Waals surface area (Å²) in [7, 11) is 1.71. The number of hydrogen-bond acceptors (Lipinski definition) is 3. The first-order chi connectivity index (χ1) is 13.5. The number of benzene rings is 2. The zero-order valence-electron chi connectivity index (χ0n) is 16.4. The summed E-state index contributed by atoms with van der Waals surface area (Å²) < 4.78 is 6.11. The van der Waals surface area contributed by atoms with E-state index < -0.39 is 0 Å². The Labute approximate surface area is 165 Å². The van der Waals surface area contributed by atoms with Crippen LogP contribution >= 0.6 is 0 Å². The molecule has 148 valence electrons. The van der Waals surface area contributed by atoms with E-state index in [0.717, 1.165) is 29.8 Å². The van der Waals surface area contributed by atoms with E-state index >= 15 is 0 Å². The monoisotopic (exact) mass is 381 g/mol. The van der Waals surface area contributed by atoms with Gasteiger partial charge in [-0.3, -0.25) is 4.79 Å². The number of amides is 3. The molecule has 3 amide bonds. The van der Waals surface area contributed by atoms with Crippen molar-refractivity contribution in [1.82, 2.24) is 5.32 Å². The van der Waals surface area contributed by atoms with E-state index in [4.69, 9.17) is 4.74 Å². The molecule has 0 aromatic heterocycles. The van der Waals surface area contributed by atoms with Crippen molar-refractivity contribution >= 4 is 23.3 Å². The molecule has 0 bridgehead atoms. The fourth-order valence-electron chi connectivity index (χ4n) is 3.25. The van der Waals surface area contributed by atoms with Gasteiger partial charge in [-0.1, -0.05) is 18.2 Å². The van der Waals surface area contributed by atoms with Crippen molar-refractivity contribution in [3.63, 3.8) is 0 Å². The average Bonchev–Trinajstić information content (AvgIpc) is 3.20. The molecule has 3 rings (SSSR count). The molecule has 0 saturated heterocycles. The highest BCUT2D eigenvalue weighted by molar-refractivity contribution is 5.92. The number of nitrogens with zero attached hydrogens (tertiary/aromatic N) is 1. The molecule has 1 aliphatic carbocycles. The van der Waals surface area contributed by atoms with Gasteiger partial charge < -0.3 is 20.3 Å². The maximum Gasteiger partial charge on any atom is 0.319 e. The number of nitrogens with one attached hydrogen (secondary N) is 2. The van der Waals surface area contributed by atoms with E-state index in [1.807, 2.05) is 24.3 Å². The van der Waals surface area contributed by atoms with Gasteiger partial charge >= 0.3 is 6.03 Å². The fourth-order valence-corrected chi connectivity index (χ4v) is 3.25. The Morgan fingerprint density at radius 2 is 1.75 bits per heavy atom. The van der Waals surface area contributed by atoms with Gasteiger partial charge in [0.1, 0.15) is 5.75 Å². The summed E-state index contributed by atoms with van der Waals surface area (Å²) in [5.74, 6) is 0.795. The lowest BCUT2D eigenvalue weighted by Gasteiger charge is -2.17. The van der Waals surface area contributed by atoms with Crippen LogP contribution in [0.5, 0.6) is 5.75 Å². The number of hydrogen-bond donors (Lipinski definition) is 2. The van der Waals surface area contributed by atoms with Gasteiger partial charge in [-0.05, 0) is 56.0 Å². The summed E-state index contributed by atoms with van der Waals surface area (Å²) in [4.78, 5) is 25.2. The molecule has 0 unspecified atom stereocenters. The molecular formula is C22H27N3O3. The van der Waals surface area contributed by atoms with E-state index in [1.54, 1.807) is 36.2 Å². The fraction of sp³-hybridized carbons (Fsp3) is 0.364. The molecule has 1 fully saturated rings. The molecule has 0 radical (unpaired) electrons. The molecule has 1 saturated carbocycles. The first kappa shape index (κ1) is 19.7. The SMILES string of the molecule is CC(=O)N(C)c1ccc(NC(=O)NCc2ccccc2OC2CCCC2)cc1. The summed E-state index contributed by atoms with van der Waals surface area (Å²) in [6, 6.07) is 14.7. The van der Waals surface area contributed by atoms with Crippen LogP contribution in [0.3, 0.4) is 0 Å². The Morgan fingerprint density at radius 3 is 2.43 bits per heavy atom. The molecule has 0 spiro atoms. The Kier molecular flexibility index (Phi) is 6.53. The molecule has 0 heterocycles. The molecule has 2 aromatic carbocycles. The van der Waals surface area contributed by atoms with Crippen LogP contribution in [0.25, 0.3) is 0 Å². The highest BCUT2D eigenvalue weighted by Gasteiger charge is 2.18. The summed E-state index contributed by atoms with van der Waals surface area (Å²) in [6.07, 6.45) is 4.90. The highest BCUT2D eigenvalue weighted by Crippen LogP contribution is 2.26. The van der Waals surface area contributed by atoms with Gasteiger partial charge in [0.15, 0.2) is 0 Å². The molecule has 6 nitrogen and oxygen atoms in total. The first-order valence-electron chi connectivity index (χ1n) is 9.66. The smallest absolute Gasteiger partial charge is 0.319 e. The third kappa shape index (κ3) is 5.25. The van der Waals surface area contributed by atoms with Crippen molar-refractivity contribution in [3.8, 4) is 5.75 Å². The minimum absolute atomic E-state index is 0.0445. The van der Waals surface area contributed by atoms with Crippen molar-refractivity contribution in [2.45, 2.75) is 45.3 Å². The molecule has 6 heteroatoms. The van der Waals surface area contributed by atoms with Crippen LogP contribution in [-0.2, 0) is 11.3 Å². The van der Waals surface area contributed by atoms with Crippen LogP contribution in [0.15, 0.2) is 48.5 Å². The summed E-state index contributed by atoms with van der Waals surface area (Å²) in [6.45, 7) is 1.90. The molecule has 28 heavy (non-hydrogen) atoms. The largest absolute Gasteiger partial charge is 0.490 e. The molecule has 1 aliphatic rings. The second kappa shape index (κ2) is 9.26. The number of rotatable bonds is 6. The normalized spacial score (nSPS) is 13.8. The molecule has 0 atom stereocenters. The lowest BCUT2D eigenvalue weighted by molar-refractivity contribution is -0.116. The van der Waals surface area contributed by atoms with E-state index in [-0.39, 0.29) is 18.0 Å². The second-order valence-corrected chi connectivity index (χ2v) is 7.06. The number of urea groups is 1. The molecule has 0 aliphatic heterocycles. The zero-order valence-corrected chi connectivity index (χ0v) is 16.4. The molecule has 2 aromatic rings. The van der Waals surface area contributed by atoms with Gasteiger partial charge in [0.25, 0.3) is 0 Å². The van der Waals surface area contributed by atoms with Gasteiger partial charge in [-0.15, -0.1) is 0 Å². The van der Waals surface area contributed by atoms with Crippen LogP contribution in [0.4, 0.5) is 16.2 Å². The van der Waals surface area contributed by atoms with E-state index in [1.165, 1.54) is 19.8 Å². The van der Waals surface area contributed by atoms with Gasteiger partial charge in [0, 0.05) is 37.5 Å². The lowest BCUT2D eigenvalue weighted by Crippen LogP contribution is -2.28. The Bertz CT molecular complexity index is 814. The predicted molar refractivity (Wildman–Crippen MR) is 111 cm³/mol. The number of anilines is 2. The number of ether oxygens (including phenoxy) is 1. The van der Waals surface area contributed by atoms with Crippen LogP contribution in [0.1, 0.15) is 38.2 Å². The topological polar surface area (TPSA) is 70.7 Å². The number of para-hydroxylation sites is 1. The maximum absolute atomic E-state index is 12.2. The minimum Gasteiger partial charge on any atom is -0.490 e. The Balaban J connectivity index is 1.54. The van der Waals surface area contributed by atoms with Gasteiger partial charge in [-0.25, -0.2) is 4.79 Å². The third-order valence-electron chi connectivity index (χ3n) is 4.99. The average molecular weight is 381 g/mol. The zero-order chi connectivity index (χ0) is 19.9. The van der Waals surface area contributed by atoms with Gasteiger partial charge in [0.2, 0.25) is 5.91 Å². The third-order valence-corrected chi connectivity index (χ3v) is 4.99. The summed E-state index contributed by atoms with van der Waals surface area (Å²) >= 11 is 0. The Hall–Kier alpha value is -3.02. The predicted octanol–water partition coefficient (Wildman–Crippen LogP) is 4.31. The number of carbonyl (C=O) groups excluding carboxylic acids is 2. The Morgan fingerprint density at radius 1 is 1.07 bits per heavy atom. The maximum atomic E-state index is 12.2. The lowest BCUT2D eigenvalue weighted by atomic mass is 10.2. The number of carbonyl (C=O) groups is 2.